The molecule has 0 amide bonds. The van der Waals surface area contributed by atoms with E-state index in [2.05, 4.69) is 20.5 Å². The SMILES string of the molecule is O=c1[nH]c(N/N=C/[C@H](O)[C@@H](O)[C@H](O)CO)nc2sc3c(c12)CCCC3. The van der Waals surface area contributed by atoms with Crippen LogP contribution in [0.5, 0.6) is 0 Å². The predicted molar refractivity (Wildman–Crippen MR) is 94.1 cm³/mol. The van der Waals surface area contributed by atoms with Crippen LogP contribution in [0, 0.1) is 0 Å². The van der Waals surface area contributed by atoms with Crippen LogP contribution in [0.1, 0.15) is 23.3 Å². The number of aromatic amines is 1. The lowest BCUT2D eigenvalue weighted by molar-refractivity contribution is -0.0541. The second-order valence-corrected chi connectivity index (χ2v) is 7.01. The van der Waals surface area contributed by atoms with Gasteiger partial charge in [0.15, 0.2) is 0 Å². The van der Waals surface area contributed by atoms with Crippen LogP contribution in [-0.4, -0.2) is 61.5 Å². The number of aliphatic hydroxyl groups is 4. The Hall–Kier alpha value is -1.85. The molecule has 1 aliphatic carbocycles. The van der Waals surface area contributed by atoms with Crippen LogP contribution in [0.2, 0.25) is 0 Å². The lowest BCUT2D eigenvalue weighted by Crippen LogP contribution is -2.40. The topological polar surface area (TPSA) is 151 Å². The Labute approximate surface area is 146 Å². The average molecular weight is 368 g/mol. The molecule has 0 aliphatic heterocycles. The van der Waals surface area contributed by atoms with Gasteiger partial charge >= 0.3 is 0 Å². The van der Waals surface area contributed by atoms with Gasteiger partial charge in [-0.05, 0) is 31.2 Å². The van der Waals surface area contributed by atoms with Gasteiger partial charge in [0.25, 0.3) is 5.56 Å². The molecule has 0 spiro atoms. The molecule has 2 aromatic rings. The number of hydrogen-bond acceptors (Lipinski definition) is 9. The Morgan fingerprint density at radius 2 is 2.08 bits per heavy atom. The van der Waals surface area contributed by atoms with Crippen molar-refractivity contribution in [1.82, 2.24) is 9.97 Å². The number of aliphatic hydroxyl groups excluding tert-OH is 4. The molecule has 3 rings (SSSR count). The van der Waals surface area contributed by atoms with Gasteiger partial charge in [-0.25, -0.2) is 10.4 Å². The highest BCUT2D eigenvalue weighted by Crippen LogP contribution is 2.33. The lowest BCUT2D eigenvalue weighted by atomic mass is 9.97. The predicted octanol–water partition coefficient (Wildman–Crippen LogP) is -0.664. The van der Waals surface area contributed by atoms with Gasteiger partial charge in [0, 0.05) is 4.88 Å². The number of thiophene rings is 1. The number of H-pyrrole nitrogens is 1. The number of hydrazone groups is 1. The number of anilines is 1. The molecule has 2 aromatic heterocycles. The number of nitrogens with one attached hydrogen (secondary N) is 2. The summed E-state index contributed by atoms with van der Waals surface area (Å²) in [6, 6.07) is 0. The Morgan fingerprint density at radius 1 is 1.32 bits per heavy atom. The van der Waals surface area contributed by atoms with Crippen molar-refractivity contribution in [3.8, 4) is 0 Å². The first-order valence-corrected chi connectivity index (χ1v) is 8.81. The third-order valence-electron chi connectivity index (χ3n) is 4.15. The molecule has 2 heterocycles. The van der Waals surface area contributed by atoms with Crippen molar-refractivity contribution in [2.24, 2.45) is 5.10 Å². The highest BCUT2D eigenvalue weighted by Gasteiger charge is 2.23. The van der Waals surface area contributed by atoms with Crippen molar-refractivity contribution in [3.05, 3.63) is 20.8 Å². The van der Waals surface area contributed by atoms with E-state index in [-0.39, 0.29) is 11.5 Å². The highest BCUT2D eigenvalue weighted by atomic mass is 32.1. The monoisotopic (exact) mass is 368 g/mol. The molecule has 0 saturated heterocycles. The van der Waals surface area contributed by atoms with Gasteiger partial charge in [-0.15, -0.1) is 11.3 Å². The first-order valence-electron chi connectivity index (χ1n) is 8.00. The number of rotatable bonds is 6. The summed E-state index contributed by atoms with van der Waals surface area (Å²) < 4.78 is 0. The molecule has 6 N–H and O–H groups in total. The van der Waals surface area contributed by atoms with E-state index in [0.29, 0.717) is 10.2 Å². The number of fused-ring (bicyclic) bond motifs is 3. The third-order valence-corrected chi connectivity index (χ3v) is 5.34. The second-order valence-electron chi connectivity index (χ2n) is 5.93. The van der Waals surface area contributed by atoms with Crippen LogP contribution in [0.3, 0.4) is 0 Å². The average Bonchev–Trinajstić information content (AvgIpc) is 2.99. The quantitative estimate of drug-likeness (QED) is 0.292. The molecular formula is C15H20N4O5S. The number of aromatic nitrogens is 2. The maximum atomic E-state index is 12.3. The van der Waals surface area contributed by atoms with Crippen LogP contribution in [-0.2, 0) is 12.8 Å². The Balaban J connectivity index is 1.76. The number of hydrogen-bond donors (Lipinski definition) is 6. The summed E-state index contributed by atoms with van der Waals surface area (Å²) in [5, 5.41) is 41.5. The zero-order valence-electron chi connectivity index (χ0n) is 13.3. The Morgan fingerprint density at radius 3 is 2.84 bits per heavy atom. The molecule has 136 valence electrons. The summed E-state index contributed by atoms with van der Waals surface area (Å²) in [4.78, 5) is 21.1. The summed E-state index contributed by atoms with van der Waals surface area (Å²) in [5.74, 6) is 0.122. The van der Waals surface area contributed by atoms with Crippen LogP contribution < -0.4 is 11.0 Å². The molecule has 0 saturated carbocycles. The molecule has 9 nitrogen and oxygen atoms in total. The molecule has 1 aliphatic rings. The second kappa shape index (κ2) is 7.58. The van der Waals surface area contributed by atoms with Gasteiger partial charge in [-0.1, -0.05) is 0 Å². The van der Waals surface area contributed by atoms with Crippen molar-refractivity contribution in [3.63, 3.8) is 0 Å². The van der Waals surface area contributed by atoms with Gasteiger partial charge in [0.05, 0.1) is 18.2 Å². The first kappa shape index (κ1) is 18.0. The van der Waals surface area contributed by atoms with Crippen molar-refractivity contribution >= 4 is 33.7 Å². The highest BCUT2D eigenvalue weighted by molar-refractivity contribution is 7.18. The molecule has 0 aromatic carbocycles. The standard InChI is InChI=1S/C15H20N4O5S/c20-6-9(22)12(23)8(21)5-16-19-15-17-13(24)11-7-3-1-2-4-10(7)25-14(11)18-15/h5,8-9,12,20-23H,1-4,6H2,(H2,17,18,19,24)/b16-5+/t8-,9+,12+/m0/s1. The van der Waals surface area contributed by atoms with Crippen molar-refractivity contribution in [2.45, 2.75) is 44.0 Å². The van der Waals surface area contributed by atoms with Crippen LogP contribution in [0.15, 0.2) is 9.90 Å². The minimum absolute atomic E-state index is 0.122. The van der Waals surface area contributed by atoms with Gasteiger partial charge in [-0.2, -0.15) is 5.10 Å². The fraction of sp³-hybridized carbons (Fsp3) is 0.533. The number of aryl methyl sites for hydroxylation is 2. The van der Waals surface area contributed by atoms with E-state index < -0.39 is 24.9 Å². The zero-order chi connectivity index (χ0) is 18.0. The summed E-state index contributed by atoms with van der Waals surface area (Å²) >= 11 is 1.51. The molecule has 0 radical (unpaired) electrons. The first-order chi connectivity index (χ1) is 12.0. The maximum absolute atomic E-state index is 12.3. The fourth-order valence-corrected chi connectivity index (χ4v) is 4.08. The minimum atomic E-state index is -1.57. The van der Waals surface area contributed by atoms with Crippen LogP contribution in [0.25, 0.3) is 10.2 Å². The van der Waals surface area contributed by atoms with E-state index in [9.17, 15) is 20.1 Å². The van der Waals surface area contributed by atoms with Crippen LogP contribution >= 0.6 is 11.3 Å². The van der Waals surface area contributed by atoms with Crippen molar-refractivity contribution in [2.75, 3.05) is 12.0 Å². The molecular weight excluding hydrogens is 348 g/mol. The Kier molecular flexibility index (Phi) is 5.45. The van der Waals surface area contributed by atoms with E-state index in [0.717, 1.165) is 37.5 Å². The molecule has 0 unspecified atom stereocenters. The zero-order valence-corrected chi connectivity index (χ0v) is 14.2. The largest absolute Gasteiger partial charge is 0.394 e. The molecule has 0 fully saturated rings. The van der Waals surface area contributed by atoms with Crippen LogP contribution in [0.4, 0.5) is 5.95 Å². The normalized spacial score (nSPS) is 18.2. The van der Waals surface area contributed by atoms with E-state index in [4.69, 9.17) is 5.11 Å². The molecule has 0 bridgehead atoms. The minimum Gasteiger partial charge on any atom is -0.394 e. The summed E-state index contributed by atoms with van der Waals surface area (Å²) in [6.45, 7) is -0.686. The Bertz CT molecular complexity index is 833. The van der Waals surface area contributed by atoms with Gasteiger partial charge in [0.1, 0.15) is 23.1 Å². The summed E-state index contributed by atoms with van der Waals surface area (Å²) in [7, 11) is 0. The summed E-state index contributed by atoms with van der Waals surface area (Å²) in [6.07, 6.45) is 0.459. The summed E-state index contributed by atoms with van der Waals surface area (Å²) in [5.41, 5.74) is 3.35. The fourth-order valence-electron chi connectivity index (χ4n) is 2.82. The van der Waals surface area contributed by atoms with Gasteiger partial charge in [0.2, 0.25) is 5.95 Å². The molecule has 3 atom stereocenters. The molecule has 10 heteroatoms. The van der Waals surface area contributed by atoms with E-state index in [1.54, 1.807) is 0 Å². The van der Waals surface area contributed by atoms with Gasteiger partial charge in [-0.3, -0.25) is 9.78 Å². The smallest absolute Gasteiger partial charge is 0.261 e. The van der Waals surface area contributed by atoms with E-state index in [1.807, 2.05) is 0 Å². The maximum Gasteiger partial charge on any atom is 0.261 e. The third kappa shape index (κ3) is 3.72. The van der Waals surface area contributed by atoms with Crippen molar-refractivity contribution in [1.29, 1.82) is 0 Å². The van der Waals surface area contributed by atoms with E-state index in [1.165, 1.54) is 16.2 Å². The number of nitrogens with zero attached hydrogens (tertiary/aromatic N) is 2. The van der Waals surface area contributed by atoms with E-state index >= 15 is 0 Å². The van der Waals surface area contributed by atoms with Gasteiger partial charge < -0.3 is 20.4 Å². The lowest BCUT2D eigenvalue weighted by Gasteiger charge is -2.17. The molecule has 25 heavy (non-hydrogen) atoms. The van der Waals surface area contributed by atoms with Crippen molar-refractivity contribution < 1.29 is 20.4 Å².